The lowest BCUT2D eigenvalue weighted by Crippen LogP contribution is -2.26. The van der Waals surface area contributed by atoms with Gasteiger partial charge in [-0.3, -0.25) is 0 Å². The molecule has 1 aliphatic heterocycles. The van der Waals surface area contributed by atoms with Crippen molar-refractivity contribution in [3.05, 3.63) is 35.3 Å². The maximum absolute atomic E-state index is 4.72. The molecule has 4 rings (SSSR count). The fourth-order valence-electron chi connectivity index (χ4n) is 2.60. The number of hydrogen-bond acceptors (Lipinski definition) is 5. The third-order valence-corrected chi connectivity index (χ3v) is 4.66. The van der Waals surface area contributed by atoms with Gasteiger partial charge in [-0.2, -0.15) is 9.61 Å². The van der Waals surface area contributed by atoms with Crippen molar-refractivity contribution in [3.63, 3.8) is 0 Å². The Hall–Kier alpha value is -1.79. The van der Waals surface area contributed by atoms with Crippen LogP contribution in [-0.4, -0.2) is 26.4 Å². The van der Waals surface area contributed by atoms with E-state index in [4.69, 9.17) is 5.10 Å². The maximum atomic E-state index is 4.72. The van der Waals surface area contributed by atoms with E-state index in [1.807, 2.05) is 34.8 Å². The highest BCUT2D eigenvalue weighted by Crippen LogP contribution is 2.28. The monoisotopic (exact) mass is 285 g/mol. The average molecular weight is 285 g/mol. The summed E-state index contributed by atoms with van der Waals surface area (Å²) in [6.45, 7) is 1.08. The van der Waals surface area contributed by atoms with Gasteiger partial charge < -0.3 is 5.32 Å². The van der Waals surface area contributed by atoms with Gasteiger partial charge in [0.25, 0.3) is 0 Å². The topological polar surface area (TPSA) is 55.1 Å². The van der Waals surface area contributed by atoms with E-state index >= 15 is 0 Å². The average Bonchev–Trinajstić information content (AvgIpc) is 3.09. The Balaban J connectivity index is 1.75. The first-order chi connectivity index (χ1) is 9.92. The van der Waals surface area contributed by atoms with Crippen LogP contribution in [0.5, 0.6) is 0 Å². The minimum atomic E-state index is 0.374. The van der Waals surface area contributed by atoms with Gasteiger partial charge in [0.15, 0.2) is 5.82 Å². The molecule has 0 amide bonds. The smallest absolute Gasteiger partial charge is 0.235 e. The van der Waals surface area contributed by atoms with Gasteiger partial charge in [-0.25, -0.2) is 0 Å². The predicted molar refractivity (Wildman–Crippen MR) is 78.7 cm³/mol. The highest BCUT2D eigenvalue weighted by molar-refractivity contribution is 7.16. The minimum Gasteiger partial charge on any atom is -0.308 e. The molecule has 1 unspecified atom stereocenters. The molecule has 5 nitrogen and oxygen atoms in total. The molecular formula is C14H15N5S. The first-order valence-electron chi connectivity index (χ1n) is 6.93. The minimum absolute atomic E-state index is 0.374. The summed E-state index contributed by atoms with van der Waals surface area (Å²) >= 11 is 1.64. The van der Waals surface area contributed by atoms with E-state index in [-0.39, 0.29) is 0 Å². The summed E-state index contributed by atoms with van der Waals surface area (Å²) in [5.41, 5.74) is 1.05. The summed E-state index contributed by atoms with van der Waals surface area (Å²) in [6.07, 6.45) is 3.68. The fourth-order valence-corrected chi connectivity index (χ4v) is 3.55. The summed E-state index contributed by atoms with van der Waals surface area (Å²) in [5, 5.41) is 17.9. The number of benzene rings is 1. The zero-order valence-electron chi connectivity index (χ0n) is 11.0. The van der Waals surface area contributed by atoms with E-state index in [2.05, 4.69) is 15.5 Å². The van der Waals surface area contributed by atoms with Gasteiger partial charge in [0, 0.05) is 5.56 Å². The second-order valence-corrected chi connectivity index (χ2v) is 6.01. The molecular weight excluding hydrogens is 270 g/mol. The van der Waals surface area contributed by atoms with E-state index in [0.717, 1.165) is 34.3 Å². The number of nitrogens with one attached hydrogen (secondary N) is 1. The molecule has 0 bridgehead atoms. The maximum Gasteiger partial charge on any atom is 0.235 e. The van der Waals surface area contributed by atoms with Gasteiger partial charge in [0.1, 0.15) is 5.01 Å². The van der Waals surface area contributed by atoms with E-state index in [1.165, 1.54) is 12.8 Å². The highest BCUT2D eigenvalue weighted by atomic mass is 32.1. The lowest BCUT2D eigenvalue weighted by Gasteiger charge is -2.20. The van der Waals surface area contributed by atoms with Crippen LogP contribution < -0.4 is 5.32 Å². The molecule has 0 aliphatic carbocycles. The Morgan fingerprint density at radius 2 is 2.05 bits per heavy atom. The summed E-state index contributed by atoms with van der Waals surface area (Å²) in [6, 6.07) is 10.5. The molecule has 1 aromatic carbocycles. The molecule has 102 valence electrons. The molecule has 1 aliphatic rings. The Kier molecular flexibility index (Phi) is 2.97. The largest absolute Gasteiger partial charge is 0.308 e. The second-order valence-electron chi connectivity index (χ2n) is 5.03. The van der Waals surface area contributed by atoms with Crippen LogP contribution in [0.3, 0.4) is 0 Å². The molecule has 3 aromatic rings. The van der Waals surface area contributed by atoms with Crippen molar-refractivity contribution < 1.29 is 0 Å². The predicted octanol–water partition coefficient (Wildman–Crippen LogP) is 2.67. The van der Waals surface area contributed by atoms with Crippen molar-refractivity contribution in [2.24, 2.45) is 0 Å². The van der Waals surface area contributed by atoms with Gasteiger partial charge in [-0.15, -0.1) is 10.2 Å². The molecule has 6 heteroatoms. The van der Waals surface area contributed by atoms with Crippen LogP contribution >= 0.6 is 11.3 Å². The Bertz CT molecular complexity index is 712. The van der Waals surface area contributed by atoms with Crippen molar-refractivity contribution in [1.82, 2.24) is 25.1 Å². The van der Waals surface area contributed by atoms with Crippen molar-refractivity contribution in [1.29, 1.82) is 0 Å². The Labute approximate surface area is 120 Å². The SMILES string of the molecule is c1ccc(-c2nnc3sc(C4CCCCN4)nn23)cc1. The number of fused-ring (bicyclic) bond motifs is 1. The summed E-state index contributed by atoms with van der Waals surface area (Å²) in [4.78, 5) is 0.867. The van der Waals surface area contributed by atoms with E-state index in [1.54, 1.807) is 11.3 Å². The lowest BCUT2D eigenvalue weighted by molar-refractivity contribution is 0.408. The van der Waals surface area contributed by atoms with Gasteiger partial charge in [-0.05, 0) is 19.4 Å². The summed E-state index contributed by atoms with van der Waals surface area (Å²) in [5.74, 6) is 0.818. The number of nitrogens with zero attached hydrogens (tertiary/aromatic N) is 4. The Morgan fingerprint density at radius 1 is 1.15 bits per heavy atom. The Morgan fingerprint density at radius 3 is 2.85 bits per heavy atom. The molecule has 3 heterocycles. The fraction of sp³-hybridized carbons (Fsp3) is 0.357. The number of rotatable bonds is 2. The third kappa shape index (κ3) is 2.01. The van der Waals surface area contributed by atoms with Crippen molar-refractivity contribution in [2.45, 2.75) is 25.3 Å². The normalized spacial score (nSPS) is 19.5. The van der Waals surface area contributed by atoms with Crippen LogP contribution in [0, 0.1) is 0 Å². The van der Waals surface area contributed by atoms with Crippen LogP contribution in [0.4, 0.5) is 0 Å². The van der Waals surface area contributed by atoms with Crippen LogP contribution in [0.1, 0.15) is 30.3 Å². The highest BCUT2D eigenvalue weighted by Gasteiger charge is 2.21. The molecule has 1 atom stereocenters. The number of aromatic nitrogens is 4. The zero-order chi connectivity index (χ0) is 13.4. The zero-order valence-corrected chi connectivity index (χ0v) is 11.8. The van der Waals surface area contributed by atoms with Crippen LogP contribution in [0.2, 0.25) is 0 Å². The lowest BCUT2D eigenvalue weighted by atomic mass is 10.1. The molecule has 1 saturated heterocycles. The van der Waals surface area contributed by atoms with Gasteiger partial charge in [0.05, 0.1) is 6.04 Å². The van der Waals surface area contributed by atoms with Gasteiger partial charge in [0.2, 0.25) is 4.96 Å². The number of piperidine rings is 1. The van der Waals surface area contributed by atoms with E-state index in [9.17, 15) is 0 Å². The standard InChI is InChI=1S/C14H15N5S/c1-2-6-10(7-3-1)12-16-17-14-19(12)18-13(20-14)11-8-4-5-9-15-11/h1-3,6-7,11,15H,4-5,8-9H2. The quantitative estimate of drug-likeness (QED) is 0.786. The van der Waals surface area contributed by atoms with Crippen molar-refractivity contribution >= 4 is 16.3 Å². The van der Waals surface area contributed by atoms with Gasteiger partial charge >= 0.3 is 0 Å². The van der Waals surface area contributed by atoms with Crippen LogP contribution in [0.25, 0.3) is 16.3 Å². The van der Waals surface area contributed by atoms with Crippen molar-refractivity contribution in [2.75, 3.05) is 6.54 Å². The first-order valence-corrected chi connectivity index (χ1v) is 7.74. The molecule has 1 fully saturated rings. The summed E-state index contributed by atoms with van der Waals surface area (Å²) in [7, 11) is 0. The van der Waals surface area contributed by atoms with E-state index in [0.29, 0.717) is 6.04 Å². The summed E-state index contributed by atoms with van der Waals surface area (Å²) < 4.78 is 1.87. The van der Waals surface area contributed by atoms with Crippen molar-refractivity contribution in [3.8, 4) is 11.4 Å². The second kappa shape index (κ2) is 4.96. The first kappa shape index (κ1) is 12.0. The molecule has 0 saturated carbocycles. The molecule has 20 heavy (non-hydrogen) atoms. The molecule has 0 spiro atoms. The molecule has 1 N–H and O–H groups in total. The number of hydrogen-bond donors (Lipinski definition) is 1. The molecule has 2 aromatic heterocycles. The third-order valence-electron chi connectivity index (χ3n) is 3.65. The van der Waals surface area contributed by atoms with Crippen LogP contribution in [-0.2, 0) is 0 Å². The van der Waals surface area contributed by atoms with E-state index < -0.39 is 0 Å². The van der Waals surface area contributed by atoms with Crippen LogP contribution in [0.15, 0.2) is 30.3 Å². The van der Waals surface area contributed by atoms with Gasteiger partial charge in [-0.1, -0.05) is 48.1 Å². The molecule has 0 radical (unpaired) electrons.